The van der Waals surface area contributed by atoms with Crippen molar-refractivity contribution in [3.05, 3.63) is 53.1 Å². The molecule has 1 aliphatic heterocycles. The van der Waals surface area contributed by atoms with Crippen molar-refractivity contribution in [1.29, 1.82) is 0 Å². The van der Waals surface area contributed by atoms with Gasteiger partial charge in [0, 0.05) is 23.9 Å². The van der Waals surface area contributed by atoms with Gasteiger partial charge in [0.05, 0.1) is 10.2 Å². The van der Waals surface area contributed by atoms with Gasteiger partial charge in [0.1, 0.15) is 0 Å². The van der Waals surface area contributed by atoms with Crippen LogP contribution in [0.5, 0.6) is 0 Å². The van der Waals surface area contributed by atoms with Crippen LogP contribution in [0.15, 0.2) is 41.3 Å². The number of nitrogens with one attached hydrogen (secondary N) is 1. The second-order valence-electron chi connectivity index (χ2n) is 7.55. The van der Waals surface area contributed by atoms with Gasteiger partial charge in [-0.3, -0.25) is 4.79 Å². The van der Waals surface area contributed by atoms with Crippen molar-refractivity contribution in [2.24, 2.45) is 5.92 Å². The summed E-state index contributed by atoms with van der Waals surface area (Å²) in [6.07, 6.45) is 1.77. The Hall–Kier alpha value is -1.89. The van der Waals surface area contributed by atoms with Crippen molar-refractivity contribution in [3.8, 4) is 0 Å². The van der Waals surface area contributed by atoms with Gasteiger partial charge in [-0.1, -0.05) is 29.5 Å². The second kappa shape index (κ2) is 8.23. The van der Waals surface area contributed by atoms with Gasteiger partial charge in [0.2, 0.25) is 5.91 Å². The largest absolute Gasteiger partial charge is 0.302 e. The molecule has 4 nitrogen and oxygen atoms in total. The molecular formula is C22H25N3OS2. The van der Waals surface area contributed by atoms with E-state index in [1.165, 1.54) is 21.6 Å². The van der Waals surface area contributed by atoms with Crippen LogP contribution in [0.1, 0.15) is 29.5 Å². The molecule has 0 atom stereocenters. The first kappa shape index (κ1) is 19.4. The summed E-state index contributed by atoms with van der Waals surface area (Å²) in [4.78, 5) is 18.6. The number of piperidine rings is 1. The number of fused-ring (bicyclic) bond motifs is 1. The minimum absolute atomic E-state index is 0.0594. The highest BCUT2D eigenvalue weighted by molar-refractivity contribution is 7.97. The lowest BCUT2D eigenvalue weighted by Crippen LogP contribution is -2.34. The SMILES string of the molecule is Cc1cccc(SN2CCC(C(=O)Nc3nc4cc(C)cc(C)c4s3)CC2)c1. The summed E-state index contributed by atoms with van der Waals surface area (Å²) in [5.74, 6) is 0.165. The smallest absolute Gasteiger partial charge is 0.229 e. The minimum atomic E-state index is 0.0594. The molecule has 0 saturated carbocycles. The third-order valence-corrected chi connectivity index (χ3v) is 7.31. The first-order chi connectivity index (χ1) is 13.5. The lowest BCUT2D eigenvalue weighted by atomic mass is 9.97. The lowest BCUT2D eigenvalue weighted by molar-refractivity contribution is -0.120. The summed E-state index contributed by atoms with van der Waals surface area (Å²) >= 11 is 3.36. The maximum Gasteiger partial charge on any atom is 0.229 e. The number of amides is 1. The Bertz CT molecular complexity index is 1010. The number of thiazole rings is 1. The second-order valence-corrected chi connectivity index (χ2v) is 9.72. The van der Waals surface area contributed by atoms with Crippen LogP contribution in [0.2, 0.25) is 0 Å². The number of carbonyl (C=O) groups is 1. The van der Waals surface area contributed by atoms with Gasteiger partial charge in [0.25, 0.3) is 0 Å². The Morgan fingerprint density at radius 3 is 2.68 bits per heavy atom. The van der Waals surface area contributed by atoms with Crippen LogP contribution in [-0.2, 0) is 4.79 Å². The minimum Gasteiger partial charge on any atom is -0.302 e. The fourth-order valence-corrected chi connectivity index (χ4v) is 5.66. The van der Waals surface area contributed by atoms with Crippen molar-refractivity contribution in [1.82, 2.24) is 9.29 Å². The van der Waals surface area contributed by atoms with Crippen LogP contribution in [0.3, 0.4) is 0 Å². The highest BCUT2D eigenvalue weighted by atomic mass is 32.2. The molecule has 1 N–H and O–H groups in total. The molecule has 0 radical (unpaired) electrons. The van der Waals surface area contributed by atoms with E-state index in [2.05, 4.69) is 71.8 Å². The predicted octanol–water partition coefficient (Wildman–Crippen LogP) is 5.58. The number of aromatic nitrogens is 1. The van der Waals surface area contributed by atoms with Crippen LogP contribution < -0.4 is 5.32 Å². The Kier molecular flexibility index (Phi) is 5.71. The zero-order valence-corrected chi connectivity index (χ0v) is 18.1. The molecule has 146 valence electrons. The first-order valence-electron chi connectivity index (χ1n) is 9.66. The molecule has 0 spiro atoms. The van der Waals surface area contributed by atoms with Gasteiger partial charge in [0.15, 0.2) is 5.13 Å². The van der Waals surface area contributed by atoms with Crippen LogP contribution in [-0.4, -0.2) is 28.3 Å². The van der Waals surface area contributed by atoms with Gasteiger partial charge in [-0.25, -0.2) is 9.29 Å². The quantitative estimate of drug-likeness (QED) is 0.569. The number of rotatable bonds is 4. The van der Waals surface area contributed by atoms with Crippen molar-refractivity contribution in [2.75, 3.05) is 18.4 Å². The predicted molar refractivity (Wildman–Crippen MR) is 119 cm³/mol. The molecule has 28 heavy (non-hydrogen) atoms. The van der Waals surface area contributed by atoms with Crippen molar-refractivity contribution in [2.45, 2.75) is 38.5 Å². The molecule has 4 rings (SSSR count). The number of carbonyl (C=O) groups excluding carboxylic acids is 1. The fraction of sp³-hybridized carbons (Fsp3) is 0.364. The van der Waals surface area contributed by atoms with E-state index in [1.807, 2.05) is 0 Å². The number of nitrogens with zero attached hydrogens (tertiary/aromatic N) is 2. The average Bonchev–Trinajstić information content (AvgIpc) is 3.05. The molecule has 1 aromatic heterocycles. The fourth-order valence-electron chi connectivity index (χ4n) is 3.67. The number of hydrogen-bond acceptors (Lipinski definition) is 5. The van der Waals surface area contributed by atoms with Gasteiger partial charge in [-0.15, -0.1) is 0 Å². The molecule has 3 aromatic rings. The van der Waals surface area contributed by atoms with E-state index in [4.69, 9.17) is 0 Å². The van der Waals surface area contributed by atoms with Gasteiger partial charge in [-0.05, 0) is 80.5 Å². The normalized spacial score (nSPS) is 15.8. The number of aryl methyl sites for hydroxylation is 3. The number of hydrogen-bond donors (Lipinski definition) is 1. The van der Waals surface area contributed by atoms with Crippen LogP contribution in [0.4, 0.5) is 5.13 Å². The molecule has 6 heteroatoms. The highest BCUT2D eigenvalue weighted by Crippen LogP contribution is 2.32. The molecular weight excluding hydrogens is 386 g/mol. The summed E-state index contributed by atoms with van der Waals surface area (Å²) < 4.78 is 3.52. The lowest BCUT2D eigenvalue weighted by Gasteiger charge is -2.30. The zero-order valence-electron chi connectivity index (χ0n) is 16.5. The van der Waals surface area contributed by atoms with Crippen molar-refractivity contribution < 1.29 is 4.79 Å². The van der Waals surface area contributed by atoms with E-state index in [0.717, 1.165) is 36.1 Å². The monoisotopic (exact) mass is 411 g/mol. The van der Waals surface area contributed by atoms with E-state index in [0.29, 0.717) is 5.13 Å². The zero-order chi connectivity index (χ0) is 19.7. The Morgan fingerprint density at radius 2 is 1.93 bits per heavy atom. The Labute approximate surface area is 174 Å². The average molecular weight is 412 g/mol. The standard InChI is InChI=1S/C22H25N3OS2/c1-14-5-4-6-18(12-14)28-25-9-7-17(8-10-25)21(26)24-22-23-19-13-15(2)11-16(3)20(19)27-22/h4-6,11-13,17H,7-10H2,1-3H3,(H,23,24,26). The van der Waals surface area contributed by atoms with Crippen molar-refractivity contribution >= 4 is 44.5 Å². The third kappa shape index (κ3) is 4.40. The summed E-state index contributed by atoms with van der Waals surface area (Å²) in [6, 6.07) is 12.8. The van der Waals surface area contributed by atoms with E-state index in [1.54, 1.807) is 23.3 Å². The third-order valence-electron chi connectivity index (χ3n) is 5.10. The van der Waals surface area contributed by atoms with E-state index < -0.39 is 0 Å². The molecule has 1 fully saturated rings. The Balaban J connectivity index is 1.34. The molecule has 0 bridgehead atoms. The molecule has 1 saturated heterocycles. The van der Waals surface area contributed by atoms with Gasteiger partial charge in [-0.2, -0.15) is 0 Å². The van der Waals surface area contributed by atoms with E-state index in [9.17, 15) is 4.79 Å². The van der Waals surface area contributed by atoms with Gasteiger partial charge < -0.3 is 5.32 Å². The van der Waals surface area contributed by atoms with Crippen molar-refractivity contribution in [3.63, 3.8) is 0 Å². The summed E-state index contributed by atoms with van der Waals surface area (Å²) in [6.45, 7) is 8.14. The van der Waals surface area contributed by atoms with Crippen LogP contribution in [0.25, 0.3) is 10.2 Å². The summed E-state index contributed by atoms with van der Waals surface area (Å²) in [5.41, 5.74) is 4.67. The number of benzene rings is 2. The summed E-state index contributed by atoms with van der Waals surface area (Å²) in [7, 11) is 0. The van der Waals surface area contributed by atoms with Crippen LogP contribution >= 0.6 is 23.3 Å². The maximum absolute atomic E-state index is 12.7. The molecule has 2 aromatic carbocycles. The first-order valence-corrected chi connectivity index (χ1v) is 11.2. The number of anilines is 1. The molecule has 2 heterocycles. The Morgan fingerprint density at radius 1 is 1.14 bits per heavy atom. The maximum atomic E-state index is 12.7. The van der Waals surface area contributed by atoms with Gasteiger partial charge >= 0.3 is 0 Å². The van der Waals surface area contributed by atoms with Crippen LogP contribution in [0, 0.1) is 26.7 Å². The van der Waals surface area contributed by atoms with E-state index >= 15 is 0 Å². The topological polar surface area (TPSA) is 45.2 Å². The highest BCUT2D eigenvalue weighted by Gasteiger charge is 2.26. The molecule has 0 aliphatic carbocycles. The molecule has 1 aliphatic rings. The molecule has 0 unspecified atom stereocenters. The summed E-state index contributed by atoms with van der Waals surface area (Å²) in [5, 5.41) is 3.78. The molecule has 1 amide bonds. The van der Waals surface area contributed by atoms with E-state index in [-0.39, 0.29) is 11.8 Å².